The summed E-state index contributed by atoms with van der Waals surface area (Å²) in [4.78, 5) is 14.6. The zero-order valence-electron chi connectivity index (χ0n) is 15.8. The molecule has 0 radical (unpaired) electrons. The zero-order valence-corrected chi connectivity index (χ0v) is 15.8. The Morgan fingerprint density at radius 2 is 1.80 bits per heavy atom. The van der Waals surface area contributed by atoms with E-state index in [1.54, 1.807) is 0 Å². The monoisotopic (exact) mass is 348 g/mol. The summed E-state index contributed by atoms with van der Waals surface area (Å²) in [6, 6.07) is 7.59. The van der Waals surface area contributed by atoms with Crippen molar-refractivity contribution in [1.82, 2.24) is 5.32 Å². The topological polar surface area (TPSA) is 72.8 Å². The van der Waals surface area contributed by atoms with Crippen LogP contribution in [0.25, 0.3) is 0 Å². The lowest BCUT2D eigenvalue weighted by Gasteiger charge is -2.33. The molecule has 0 saturated carbocycles. The Morgan fingerprint density at radius 1 is 1.24 bits per heavy atom. The molecule has 1 aliphatic rings. The molecular formula is C20H32N2O3. The summed E-state index contributed by atoms with van der Waals surface area (Å²) in [5, 5.41) is 22.8. The second kappa shape index (κ2) is 8.19. The molecule has 3 N–H and O–H groups in total. The fraction of sp³-hybridized carbons (Fsp3) is 0.650. The maximum atomic E-state index is 12.4. The standard InChI is InChI=1S/C20H32N2O3/c1-14(2)18(24)20(3,4)13-21-19(25)15-5-7-16(8-6-15)22-11-9-17(23)10-12-22/h5-8,14,17-18,23-24H,9-13H2,1-4H3,(H,21,25). The first-order chi connectivity index (χ1) is 11.7. The van der Waals surface area contributed by atoms with Crippen molar-refractivity contribution in [2.45, 2.75) is 52.7 Å². The molecule has 0 aromatic heterocycles. The molecule has 1 amide bonds. The van der Waals surface area contributed by atoms with E-state index in [-0.39, 0.29) is 23.3 Å². The Labute approximate surface area is 151 Å². The molecule has 1 aromatic carbocycles. The smallest absolute Gasteiger partial charge is 0.251 e. The number of anilines is 1. The number of carbonyl (C=O) groups is 1. The van der Waals surface area contributed by atoms with Crippen molar-refractivity contribution < 1.29 is 15.0 Å². The summed E-state index contributed by atoms with van der Waals surface area (Å²) in [7, 11) is 0. The van der Waals surface area contributed by atoms with Gasteiger partial charge in [0.05, 0.1) is 12.2 Å². The van der Waals surface area contributed by atoms with E-state index in [4.69, 9.17) is 0 Å². The van der Waals surface area contributed by atoms with Crippen molar-refractivity contribution in [1.29, 1.82) is 0 Å². The first kappa shape index (κ1) is 19.7. The van der Waals surface area contributed by atoms with Gasteiger partial charge in [0.25, 0.3) is 5.91 Å². The molecule has 25 heavy (non-hydrogen) atoms. The predicted molar refractivity (Wildman–Crippen MR) is 101 cm³/mol. The summed E-state index contributed by atoms with van der Waals surface area (Å²) in [6.07, 6.45) is 0.917. The number of rotatable bonds is 6. The molecular weight excluding hydrogens is 316 g/mol. The lowest BCUT2D eigenvalue weighted by Crippen LogP contribution is -2.43. The number of carbonyl (C=O) groups excluding carboxylic acids is 1. The van der Waals surface area contributed by atoms with Crippen LogP contribution in [0.3, 0.4) is 0 Å². The lowest BCUT2D eigenvalue weighted by molar-refractivity contribution is 0.0138. The highest BCUT2D eigenvalue weighted by Gasteiger charge is 2.30. The van der Waals surface area contributed by atoms with E-state index in [1.165, 1.54) is 0 Å². The minimum atomic E-state index is -0.468. The van der Waals surface area contributed by atoms with Gasteiger partial charge in [-0.2, -0.15) is 0 Å². The van der Waals surface area contributed by atoms with Crippen LogP contribution in [0, 0.1) is 11.3 Å². The summed E-state index contributed by atoms with van der Waals surface area (Å²) in [6.45, 7) is 10.00. The zero-order chi connectivity index (χ0) is 18.6. The van der Waals surface area contributed by atoms with Crippen LogP contribution in [0.1, 0.15) is 50.9 Å². The Kier molecular flexibility index (Phi) is 6.47. The van der Waals surface area contributed by atoms with Gasteiger partial charge in [-0.3, -0.25) is 4.79 Å². The molecule has 5 heteroatoms. The number of hydrogen-bond donors (Lipinski definition) is 3. The first-order valence-electron chi connectivity index (χ1n) is 9.20. The summed E-state index contributed by atoms with van der Waals surface area (Å²) >= 11 is 0. The molecule has 1 heterocycles. The largest absolute Gasteiger partial charge is 0.393 e. The van der Waals surface area contributed by atoms with E-state index in [2.05, 4.69) is 10.2 Å². The number of nitrogens with one attached hydrogen (secondary N) is 1. The van der Waals surface area contributed by atoms with Gasteiger partial charge in [-0.15, -0.1) is 0 Å². The molecule has 0 spiro atoms. The van der Waals surface area contributed by atoms with Gasteiger partial charge in [-0.05, 0) is 43.0 Å². The molecule has 0 aliphatic carbocycles. The molecule has 140 valence electrons. The molecule has 1 aliphatic heterocycles. The molecule has 1 unspecified atom stereocenters. The highest BCUT2D eigenvalue weighted by molar-refractivity contribution is 5.94. The van der Waals surface area contributed by atoms with Crippen LogP contribution < -0.4 is 10.2 Å². The summed E-state index contributed by atoms with van der Waals surface area (Å²) in [5.74, 6) is 0.0268. The third-order valence-corrected chi connectivity index (χ3v) is 5.10. The third-order valence-electron chi connectivity index (χ3n) is 5.10. The predicted octanol–water partition coefficient (Wildman–Crippen LogP) is 2.42. The van der Waals surface area contributed by atoms with Gasteiger partial charge in [-0.1, -0.05) is 27.7 Å². The lowest BCUT2D eigenvalue weighted by atomic mass is 9.80. The van der Waals surface area contributed by atoms with E-state index in [0.29, 0.717) is 12.1 Å². The fourth-order valence-electron chi connectivity index (χ4n) is 3.36. The van der Waals surface area contributed by atoms with E-state index in [9.17, 15) is 15.0 Å². The average molecular weight is 348 g/mol. The van der Waals surface area contributed by atoms with E-state index in [1.807, 2.05) is 52.0 Å². The van der Waals surface area contributed by atoms with Gasteiger partial charge in [0.1, 0.15) is 0 Å². The van der Waals surface area contributed by atoms with E-state index in [0.717, 1.165) is 31.6 Å². The first-order valence-corrected chi connectivity index (χ1v) is 9.20. The highest BCUT2D eigenvalue weighted by atomic mass is 16.3. The van der Waals surface area contributed by atoms with Crippen molar-refractivity contribution in [3.05, 3.63) is 29.8 Å². The van der Waals surface area contributed by atoms with Crippen molar-refractivity contribution in [3.63, 3.8) is 0 Å². The highest BCUT2D eigenvalue weighted by Crippen LogP contribution is 2.25. The van der Waals surface area contributed by atoms with Crippen molar-refractivity contribution in [2.75, 3.05) is 24.5 Å². The number of amides is 1. The second-order valence-electron chi connectivity index (χ2n) is 8.13. The Balaban J connectivity index is 1.92. The van der Waals surface area contributed by atoms with Crippen LogP contribution in [0.4, 0.5) is 5.69 Å². The number of piperidine rings is 1. The normalized spacial score (nSPS) is 17.6. The van der Waals surface area contributed by atoms with Gasteiger partial charge in [0.2, 0.25) is 0 Å². The van der Waals surface area contributed by atoms with Gasteiger partial charge in [0.15, 0.2) is 0 Å². The fourth-order valence-corrected chi connectivity index (χ4v) is 3.36. The maximum absolute atomic E-state index is 12.4. The van der Waals surface area contributed by atoms with Gasteiger partial charge >= 0.3 is 0 Å². The Hall–Kier alpha value is -1.59. The maximum Gasteiger partial charge on any atom is 0.251 e. The number of hydrogen-bond acceptors (Lipinski definition) is 4. The quantitative estimate of drug-likeness (QED) is 0.738. The van der Waals surface area contributed by atoms with E-state index < -0.39 is 6.10 Å². The minimum absolute atomic E-state index is 0.121. The molecule has 1 aromatic rings. The number of aliphatic hydroxyl groups excluding tert-OH is 2. The summed E-state index contributed by atoms with van der Waals surface area (Å²) < 4.78 is 0. The van der Waals surface area contributed by atoms with Crippen LogP contribution in [0.5, 0.6) is 0 Å². The van der Waals surface area contributed by atoms with Crippen LogP contribution >= 0.6 is 0 Å². The molecule has 1 atom stereocenters. The van der Waals surface area contributed by atoms with Crippen LogP contribution in [-0.2, 0) is 0 Å². The van der Waals surface area contributed by atoms with Crippen molar-refractivity contribution in [2.24, 2.45) is 11.3 Å². The van der Waals surface area contributed by atoms with Crippen LogP contribution in [-0.4, -0.2) is 48.0 Å². The molecule has 2 rings (SSSR count). The van der Waals surface area contributed by atoms with Gasteiger partial charge in [-0.25, -0.2) is 0 Å². The number of nitrogens with zero attached hydrogens (tertiary/aromatic N) is 1. The van der Waals surface area contributed by atoms with Gasteiger partial charge in [0, 0.05) is 36.3 Å². The van der Waals surface area contributed by atoms with Crippen molar-refractivity contribution >= 4 is 11.6 Å². The third kappa shape index (κ3) is 5.19. The molecule has 1 saturated heterocycles. The van der Waals surface area contributed by atoms with Crippen molar-refractivity contribution in [3.8, 4) is 0 Å². The van der Waals surface area contributed by atoms with Crippen LogP contribution in [0.2, 0.25) is 0 Å². The Morgan fingerprint density at radius 3 is 2.32 bits per heavy atom. The van der Waals surface area contributed by atoms with Crippen LogP contribution in [0.15, 0.2) is 24.3 Å². The second-order valence-corrected chi connectivity index (χ2v) is 8.13. The molecule has 0 bridgehead atoms. The number of benzene rings is 1. The average Bonchev–Trinajstić information content (AvgIpc) is 2.59. The molecule has 1 fully saturated rings. The summed E-state index contributed by atoms with van der Waals surface area (Å²) in [5.41, 5.74) is 1.33. The van der Waals surface area contributed by atoms with E-state index >= 15 is 0 Å². The van der Waals surface area contributed by atoms with Gasteiger partial charge < -0.3 is 20.4 Å². The SMILES string of the molecule is CC(C)C(O)C(C)(C)CNC(=O)c1ccc(N2CCC(O)CC2)cc1. The number of aliphatic hydroxyl groups is 2. The molecule has 5 nitrogen and oxygen atoms in total. The Bertz CT molecular complexity index is 561. The minimum Gasteiger partial charge on any atom is -0.393 e.